The average Bonchev–Trinajstić information content (AvgIpc) is 2.99. The van der Waals surface area contributed by atoms with Gasteiger partial charge in [0.05, 0.1) is 2.74 Å². The summed E-state index contributed by atoms with van der Waals surface area (Å²) in [6.45, 7) is -3.06. The number of carbonyl (C=O) groups excluding carboxylic acids is 4. The molecule has 0 radical (unpaired) electrons. The summed E-state index contributed by atoms with van der Waals surface area (Å²) >= 11 is 5.69. The largest absolute Gasteiger partial charge is 0.349 e. The van der Waals surface area contributed by atoms with Gasteiger partial charge in [-0.3, -0.25) is 24.5 Å². The number of imide groups is 1. The number of rotatable bonds is 5. The van der Waals surface area contributed by atoms with E-state index in [1.54, 1.807) is 0 Å². The molecule has 10 heteroatoms. The van der Waals surface area contributed by atoms with Crippen LogP contribution < -0.4 is 10.6 Å². The quantitative estimate of drug-likeness (QED) is 0.665. The summed E-state index contributed by atoms with van der Waals surface area (Å²) in [4.78, 5) is 49.7. The van der Waals surface area contributed by atoms with E-state index in [-0.39, 0.29) is 39.9 Å². The highest BCUT2D eigenvalue weighted by Crippen LogP contribution is 2.30. The van der Waals surface area contributed by atoms with Crippen LogP contribution in [0.1, 0.15) is 42.6 Å². The zero-order chi connectivity index (χ0) is 25.7. The summed E-state index contributed by atoms with van der Waals surface area (Å²) in [7, 11) is 0. The van der Waals surface area contributed by atoms with Gasteiger partial charge in [-0.15, -0.1) is 0 Å². The Balaban J connectivity index is 1.56. The molecule has 2 N–H and O–H groups in total. The van der Waals surface area contributed by atoms with E-state index in [1.165, 1.54) is 30.3 Å². The molecule has 2 aromatic carbocycles. The van der Waals surface area contributed by atoms with Crippen LogP contribution in [0.5, 0.6) is 0 Å². The van der Waals surface area contributed by atoms with Crippen molar-refractivity contribution in [2.24, 2.45) is 0 Å². The van der Waals surface area contributed by atoms with Crippen LogP contribution >= 0.6 is 11.6 Å². The molecule has 1 atom stereocenters. The van der Waals surface area contributed by atoms with E-state index in [4.69, 9.17) is 15.8 Å². The maximum Gasteiger partial charge on any atom is 0.349 e. The van der Waals surface area contributed by atoms with Crippen LogP contribution in [0.4, 0.5) is 8.78 Å². The molecule has 0 bridgehead atoms. The van der Waals surface area contributed by atoms with Crippen LogP contribution in [0.15, 0.2) is 42.5 Å². The number of hydrogen-bond donors (Lipinski definition) is 2. The molecular formula is C22H18ClF2N3O4. The third kappa shape index (κ3) is 4.08. The summed E-state index contributed by atoms with van der Waals surface area (Å²) < 4.78 is 54.1. The summed E-state index contributed by atoms with van der Waals surface area (Å²) in [5.41, 5.74) is -0.687. The van der Waals surface area contributed by atoms with E-state index >= 15 is 0 Å². The number of amides is 4. The van der Waals surface area contributed by atoms with Gasteiger partial charge in [-0.1, -0.05) is 35.9 Å². The van der Waals surface area contributed by atoms with E-state index < -0.39 is 54.2 Å². The molecule has 2 aliphatic rings. The zero-order valence-electron chi connectivity index (χ0n) is 19.4. The molecule has 4 rings (SSSR count). The molecule has 2 heterocycles. The fraction of sp³-hybridized carbons (Fsp3) is 0.273. The molecule has 1 fully saturated rings. The molecule has 7 nitrogen and oxygen atoms in total. The highest BCUT2D eigenvalue weighted by atomic mass is 35.5. The van der Waals surface area contributed by atoms with Crippen molar-refractivity contribution in [3.05, 3.63) is 69.7 Å². The van der Waals surface area contributed by atoms with E-state index in [0.29, 0.717) is 0 Å². The molecule has 0 spiro atoms. The molecule has 166 valence electrons. The van der Waals surface area contributed by atoms with Crippen LogP contribution in [0, 0.1) is 0 Å². The van der Waals surface area contributed by atoms with Crippen molar-refractivity contribution in [2.45, 2.75) is 37.8 Å². The number of piperidine rings is 1. The first kappa shape index (κ1) is 18.3. The first-order chi connectivity index (χ1) is 16.3. The number of nitrogens with zero attached hydrogens (tertiary/aromatic N) is 1. The Kier molecular flexibility index (Phi) is 4.74. The van der Waals surface area contributed by atoms with Gasteiger partial charge in [0.25, 0.3) is 11.8 Å². The molecule has 2 aromatic rings. The minimum atomic E-state index is -4.00. The third-order valence-electron chi connectivity index (χ3n) is 5.18. The van der Waals surface area contributed by atoms with Crippen molar-refractivity contribution >= 4 is 35.2 Å². The first-order valence-electron chi connectivity index (χ1n) is 11.0. The maximum atomic E-state index is 14.6. The van der Waals surface area contributed by atoms with E-state index in [2.05, 4.69) is 5.32 Å². The minimum absolute atomic E-state index is 0.0437. The zero-order valence-corrected chi connectivity index (χ0v) is 17.2. The van der Waals surface area contributed by atoms with Gasteiger partial charge in [0.1, 0.15) is 6.04 Å². The van der Waals surface area contributed by atoms with Gasteiger partial charge in [-0.25, -0.2) is 0 Å². The second kappa shape index (κ2) is 8.31. The second-order valence-corrected chi connectivity index (χ2v) is 7.77. The Labute approximate surface area is 191 Å². The van der Waals surface area contributed by atoms with Crippen LogP contribution in [0.25, 0.3) is 0 Å². The number of nitrogens with one attached hydrogen (secondary N) is 2. The molecule has 0 aromatic heterocycles. The number of hydrogen-bond acceptors (Lipinski definition) is 4. The fourth-order valence-electron chi connectivity index (χ4n) is 3.47. The summed E-state index contributed by atoms with van der Waals surface area (Å²) in [5.74, 6) is -7.88. The topological polar surface area (TPSA) is 95.6 Å². The maximum absolute atomic E-state index is 14.6. The second-order valence-electron chi connectivity index (χ2n) is 7.34. The van der Waals surface area contributed by atoms with Gasteiger partial charge in [-0.05, 0) is 35.7 Å². The number of fused-ring (bicyclic) bond motifs is 1. The highest BCUT2D eigenvalue weighted by molar-refractivity contribution is 6.30. The highest BCUT2D eigenvalue weighted by Gasteiger charge is 2.41. The Morgan fingerprint density at radius 1 is 1.25 bits per heavy atom. The molecule has 0 aliphatic carbocycles. The Morgan fingerprint density at radius 3 is 2.66 bits per heavy atom. The number of benzene rings is 2. The van der Waals surface area contributed by atoms with Gasteiger partial charge in [-0.2, -0.15) is 8.78 Å². The monoisotopic (exact) mass is 464 g/mol. The lowest BCUT2D eigenvalue weighted by atomic mass is 10.0. The molecule has 4 amide bonds. The van der Waals surface area contributed by atoms with Gasteiger partial charge >= 0.3 is 5.92 Å². The van der Waals surface area contributed by atoms with Crippen LogP contribution in [-0.2, 0) is 33.3 Å². The van der Waals surface area contributed by atoms with Crippen molar-refractivity contribution < 1.29 is 32.1 Å². The van der Waals surface area contributed by atoms with Crippen molar-refractivity contribution in [1.82, 2.24) is 15.5 Å². The molecule has 32 heavy (non-hydrogen) atoms. The fourth-order valence-corrected chi connectivity index (χ4v) is 3.60. The van der Waals surface area contributed by atoms with Gasteiger partial charge in [0.2, 0.25) is 11.8 Å². The minimum Gasteiger partial charge on any atom is -0.346 e. The number of carbonyl (C=O) groups is 4. The number of halogens is 3. The Hall–Kier alpha value is -3.33. The SMILES string of the molecule is [2H]N(Cc1ccc2c(c1)C([2H])([2H])N(C1CCC(=O)NC1=O)C2=O)C(=O)C(F)(F)c1ccc(Cl)cc1. The lowest BCUT2D eigenvalue weighted by molar-refractivity contribution is -0.147. The molecule has 2 aliphatic heterocycles. The van der Waals surface area contributed by atoms with Crippen LogP contribution in [0.2, 0.25) is 6.43 Å². The summed E-state index contributed by atoms with van der Waals surface area (Å²) in [6.07, 6.45) is -0.110. The van der Waals surface area contributed by atoms with E-state index in [1.807, 2.05) is 0 Å². The predicted octanol–water partition coefficient (Wildman–Crippen LogP) is 2.51. The lowest BCUT2D eigenvalue weighted by Gasteiger charge is -2.29. The summed E-state index contributed by atoms with van der Waals surface area (Å²) in [6, 6.07) is 6.91. The Bertz CT molecular complexity index is 1240. The van der Waals surface area contributed by atoms with Crippen molar-refractivity contribution in [2.75, 3.05) is 0 Å². The molecule has 1 saturated heterocycles. The smallest absolute Gasteiger partial charge is 0.346 e. The summed E-state index contributed by atoms with van der Waals surface area (Å²) in [5, 5.41) is 2.34. The van der Waals surface area contributed by atoms with Crippen molar-refractivity contribution in [3.63, 3.8) is 0 Å². The van der Waals surface area contributed by atoms with Gasteiger partial charge in [0, 0.05) is 35.6 Å². The third-order valence-corrected chi connectivity index (χ3v) is 5.43. The first-order valence-corrected chi connectivity index (χ1v) is 9.97. The standard InChI is InChI=1S/C22H18ClF2N3O4/c23-15-4-2-14(3-5-15)22(24,25)21(32)26-10-12-1-6-16-13(9-12)11-28(20(16)31)17-7-8-18(29)27-19(17)30/h1-6,9,17H,7-8,10-11H2,(H,26,32)(H,27,29,30)/i11D2/hD. The predicted molar refractivity (Wildman–Crippen MR) is 110 cm³/mol. The number of alkyl halides is 2. The van der Waals surface area contributed by atoms with Crippen molar-refractivity contribution in [1.29, 1.82) is 0 Å². The van der Waals surface area contributed by atoms with Gasteiger partial charge < -0.3 is 10.2 Å². The van der Waals surface area contributed by atoms with Crippen LogP contribution in [0.3, 0.4) is 0 Å². The van der Waals surface area contributed by atoms with E-state index in [9.17, 15) is 28.0 Å². The molecular weight excluding hydrogens is 444 g/mol. The van der Waals surface area contributed by atoms with E-state index in [0.717, 1.165) is 17.0 Å². The van der Waals surface area contributed by atoms with Gasteiger partial charge in [0.15, 0.2) is 1.41 Å². The van der Waals surface area contributed by atoms with Crippen molar-refractivity contribution in [3.8, 4) is 0 Å². The molecule has 0 saturated carbocycles. The Morgan fingerprint density at radius 2 is 1.97 bits per heavy atom. The molecule has 1 unspecified atom stereocenters. The average molecular weight is 465 g/mol. The normalized spacial score (nSPS) is 21.3. The van der Waals surface area contributed by atoms with Crippen LogP contribution in [-0.4, -0.2) is 34.6 Å². The lowest BCUT2D eigenvalue weighted by Crippen LogP contribution is -2.52.